The standard InChI is InChI=1S/C12H12N2O/c15-11-7-9-6-5-8-3-1-2-4-10(8)12(9)14-13-11/h1-4,9H,5-7H2,(H,13,15)/t9-/m0/s1. The Labute approximate surface area is 88.2 Å². The maximum atomic E-state index is 11.2. The van der Waals surface area contributed by atoms with Crippen LogP contribution in [0.25, 0.3) is 0 Å². The van der Waals surface area contributed by atoms with Crippen LogP contribution < -0.4 is 5.43 Å². The van der Waals surface area contributed by atoms with Gasteiger partial charge in [0, 0.05) is 17.9 Å². The third-order valence-electron chi connectivity index (χ3n) is 3.18. The molecule has 0 radical (unpaired) electrons. The summed E-state index contributed by atoms with van der Waals surface area (Å²) in [5.74, 6) is 0.372. The van der Waals surface area contributed by atoms with Gasteiger partial charge in [-0.15, -0.1) is 0 Å². The zero-order chi connectivity index (χ0) is 10.3. The fourth-order valence-corrected chi connectivity index (χ4v) is 2.42. The summed E-state index contributed by atoms with van der Waals surface area (Å²) in [6.07, 6.45) is 2.70. The highest BCUT2D eigenvalue weighted by Gasteiger charge is 2.29. The molecule has 0 aromatic heterocycles. The lowest BCUT2D eigenvalue weighted by molar-refractivity contribution is -0.122. The molecule has 1 aromatic rings. The first-order chi connectivity index (χ1) is 7.34. The van der Waals surface area contributed by atoms with Gasteiger partial charge in [-0.1, -0.05) is 24.3 Å². The lowest BCUT2D eigenvalue weighted by Gasteiger charge is -2.28. The van der Waals surface area contributed by atoms with Crippen molar-refractivity contribution in [2.75, 3.05) is 0 Å². The van der Waals surface area contributed by atoms with Crippen molar-refractivity contribution in [1.82, 2.24) is 5.43 Å². The fraction of sp³-hybridized carbons (Fsp3) is 0.333. The zero-order valence-electron chi connectivity index (χ0n) is 8.36. The first-order valence-electron chi connectivity index (χ1n) is 5.29. The molecule has 1 atom stereocenters. The molecule has 1 N–H and O–H groups in total. The maximum Gasteiger partial charge on any atom is 0.240 e. The second-order valence-electron chi connectivity index (χ2n) is 4.13. The predicted octanol–water partition coefficient (Wildman–Crippen LogP) is 1.47. The third kappa shape index (κ3) is 1.35. The van der Waals surface area contributed by atoms with E-state index < -0.39 is 0 Å². The molecule has 0 saturated heterocycles. The molecule has 0 unspecified atom stereocenters. The lowest BCUT2D eigenvalue weighted by Crippen LogP contribution is -2.36. The Kier molecular flexibility index (Phi) is 1.84. The monoisotopic (exact) mass is 200 g/mol. The maximum absolute atomic E-state index is 11.2. The first kappa shape index (κ1) is 8.65. The van der Waals surface area contributed by atoms with Crippen molar-refractivity contribution in [3.8, 4) is 0 Å². The van der Waals surface area contributed by atoms with Crippen LogP contribution in [0.2, 0.25) is 0 Å². The number of hydrogen-bond acceptors (Lipinski definition) is 2. The van der Waals surface area contributed by atoms with Crippen molar-refractivity contribution < 1.29 is 4.79 Å². The molecule has 0 fully saturated rings. The molecular weight excluding hydrogens is 188 g/mol. The van der Waals surface area contributed by atoms with Crippen molar-refractivity contribution in [1.29, 1.82) is 0 Å². The van der Waals surface area contributed by atoms with Crippen molar-refractivity contribution in [3.05, 3.63) is 35.4 Å². The quantitative estimate of drug-likeness (QED) is 0.677. The number of benzene rings is 1. The van der Waals surface area contributed by atoms with Gasteiger partial charge in [-0.2, -0.15) is 5.10 Å². The van der Waals surface area contributed by atoms with Crippen LogP contribution >= 0.6 is 0 Å². The fourth-order valence-electron chi connectivity index (χ4n) is 2.42. The van der Waals surface area contributed by atoms with Gasteiger partial charge in [-0.05, 0) is 18.4 Å². The van der Waals surface area contributed by atoms with Gasteiger partial charge in [0.1, 0.15) is 0 Å². The lowest BCUT2D eigenvalue weighted by atomic mass is 9.80. The van der Waals surface area contributed by atoms with Crippen molar-refractivity contribution >= 4 is 11.6 Å². The number of amides is 1. The van der Waals surface area contributed by atoms with Crippen LogP contribution in [-0.4, -0.2) is 11.6 Å². The molecule has 3 rings (SSSR count). The molecule has 0 spiro atoms. The topological polar surface area (TPSA) is 41.5 Å². The molecule has 1 aliphatic carbocycles. The Morgan fingerprint density at radius 1 is 1.33 bits per heavy atom. The van der Waals surface area contributed by atoms with Crippen LogP contribution in [-0.2, 0) is 11.2 Å². The molecule has 3 heteroatoms. The van der Waals surface area contributed by atoms with E-state index in [1.54, 1.807) is 0 Å². The molecule has 2 aliphatic rings. The Balaban J connectivity index is 2.09. The SMILES string of the molecule is O=C1C[C@@H]2CCc3ccccc3C2=NN1. The highest BCUT2D eigenvalue weighted by Crippen LogP contribution is 2.29. The van der Waals surface area contributed by atoms with Crippen LogP contribution in [0.3, 0.4) is 0 Å². The van der Waals surface area contributed by atoms with Gasteiger partial charge in [0.25, 0.3) is 0 Å². The van der Waals surface area contributed by atoms with E-state index in [0.717, 1.165) is 18.6 Å². The van der Waals surface area contributed by atoms with Gasteiger partial charge in [-0.25, -0.2) is 5.43 Å². The molecule has 1 aromatic carbocycles. The van der Waals surface area contributed by atoms with Crippen LogP contribution in [0.5, 0.6) is 0 Å². The first-order valence-corrected chi connectivity index (χ1v) is 5.29. The summed E-state index contributed by atoms with van der Waals surface area (Å²) in [5, 5.41) is 4.19. The van der Waals surface area contributed by atoms with Crippen molar-refractivity contribution in [2.24, 2.45) is 11.0 Å². The normalized spacial score (nSPS) is 23.6. The highest BCUT2D eigenvalue weighted by molar-refractivity contribution is 6.07. The summed E-state index contributed by atoms with van der Waals surface area (Å²) in [4.78, 5) is 11.2. The summed E-state index contributed by atoms with van der Waals surface area (Å²) in [7, 11) is 0. The van der Waals surface area contributed by atoms with Crippen molar-refractivity contribution in [3.63, 3.8) is 0 Å². The van der Waals surface area contributed by atoms with Gasteiger partial charge >= 0.3 is 0 Å². The molecule has 15 heavy (non-hydrogen) atoms. The average Bonchev–Trinajstić information content (AvgIpc) is 2.28. The van der Waals surface area contributed by atoms with Gasteiger partial charge in [0.05, 0.1) is 5.71 Å². The second kappa shape index (κ2) is 3.19. The van der Waals surface area contributed by atoms with E-state index in [-0.39, 0.29) is 5.91 Å². The highest BCUT2D eigenvalue weighted by atomic mass is 16.2. The summed E-state index contributed by atoms with van der Waals surface area (Å²) in [6, 6.07) is 8.32. The third-order valence-corrected chi connectivity index (χ3v) is 3.18. The number of aryl methyl sites for hydroxylation is 1. The Hall–Kier alpha value is -1.64. The number of carbonyl (C=O) groups is 1. The van der Waals surface area contributed by atoms with Crippen LogP contribution in [0, 0.1) is 5.92 Å². The van der Waals surface area contributed by atoms with Gasteiger partial charge in [0.2, 0.25) is 5.91 Å². The Morgan fingerprint density at radius 3 is 3.13 bits per heavy atom. The minimum absolute atomic E-state index is 0.0446. The van der Waals surface area contributed by atoms with Crippen LogP contribution in [0.4, 0.5) is 0 Å². The number of nitrogens with zero attached hydrogens (tertiary/aromatic N) is 1. The number of rotatable bonds is 0. The molecule has 0 bridgehead atoms. The minimum Gasteiger partial charge on any atom is -0.273 e. The van der Waals surface area contributed by atoms with E-state index >= 15 is 0 Å². The Bertz CT molecular complexity index is 451. The molecule has 1 heterocycles. The van der Waals surface area contributed by atoms with Gasteiger partial charge in [-0.3, -0.25) is 4.79 Å². The van der Waals surface area contributed by atoms with E-state index in [4.69, 9.17) is 0 Å². The number of hydrogen-bond donors (Lipinski definition) is 1. The van der Waals surface area contributed by atoms with E-state index in [0.29, 0.717) is 12.3 Å². The summed E-state index contributed by atoms with van der Waals surface area (Å²) >= 11 is 0. The smallest absolute Gasteiger partial charge is 0.240 e. The summed E-state index contributed by atoms with van der Waals surface area (Å²) in [5.41, 5.74) is 6.20. The summed E-state index contributed by atoms with van der Waals surface area (Å²) < 4.78 is 0. The molecular formula is C12H12N2O. The minimum atomic E-state index is 0.0446. The van der Waals surface area contributed by atoms with Crippen LogP contribution in [0.15, 0.2) is 29.4 Å². The molecule has 76 valence electrons. The van der Waals surface area contributed by atoms with Crippen LogP contribution in [0.1, 0.15) is 24.0 Å². The van der Waals surface area contributed by atoms with Gasteiger partial charge < -0.3 is 0 Å². The Morgan fingerprint density at radius 2 is 2.20 bits per heavy atom. The summed E-state index contributed by atoms with van der Waals surface area (Å²) in [6.45, 7) is 0. The molecule has 0 saturated carbocycles. The molecule has 1 aliphatic heterocycles. The van der Waals surface area contributed by atoms with Crippen molar-refractivity contribution in [2.45, 2.75) is 19.3 Å². The molecule has 1 amide bonds. The number of nitrogens with one attached hydrogen (secondary N) is 1. The predicted molar refractivity (Wildman–Crippen MR) is 57.5 cm³/mol. The average molecular weight is 200 g/mol. The number of carbonyl (C=O) groups excluding carboxylic acids is 1. The molecule has 3 nitrogen and oxygen atoms in total. The zero-order valence-corrected chi connectivity index (χ0v) is 8.36. The van der Waals surface area contributed by atoms with E-state index in [1.807, 2.05) is 6.07 Å². The van der Waals surface area contributed by atoms with E-state index in [1.165, 1.54) is 11.1 Å². The number of fused-ring (bicyclic) bond motifs is 3. The largest absolute Gasteiger partial charge is 0.273 e. The van der Waals surface area contributed by atoms with Gasteiger partial charge in [0.15, 0.2) is 0 Å². The van der Waals surface area contributed by atoms with E-state index in [9.17, 15) is 4.79 Å². The van der Waals surface area contributed by atoms with E-state index in [2.05, 4.69) is 28.7 Å². The number of hydrazone groups is 1. The second-order valence-corrected chi connectivity index (χ2v) is 4.13.